The van der Waals surface area contributed by atoms with Gasteiger partial charge in [0.25, 0.3) is 5.69 Å². The second-order valence-electron chi connectivity index (χ2n) is 4.03. The van der Waals surface area contributed by atoms with Gasteiger partial charge in [0.1, 0.15) is 12.4 Å². The van der Waals surface area contributed by atoms with Crippen molar-refractivity contribution in [2.24, 2.45) is 0 Å². The number of nitrogens with zero attached hydrogens (tertiary/aromatic N) is 1. The van der Waals surface area contributed by atoms with E-state index < -0.39 is 10.9 Å². The molecule has 0 fully saturated rings. The van der Waals surface area contributed by atoms with Crippen LogP contribution in [0.2, 0.25) is 0 Å². The molecule has 0 saturated carbocycles. The van der Waals surface area contributed by atoms with Gasteiger partial charge in [0.2, 0.25) is 0 Å². The van der Waals surface area contributed by atoms with Gasteiger partial charge in [0, 0.05) is 12.1 Å². The molecule has 0 aliphatic carbocycles. The summed E-state index contributed by atoms with van der Waals surface area (Å²) in [6.07, 6.45) is 0. The molecular weight excluding hydrogens is 262 g/mol. The molecule has 102 valence electrons. The third kappa shape index (κ3) is 3.32. The maximum absolute atomic E-state index is 10.7. The number of nitro benzene ring substituents is 1. The van der Waals surface area contributed by atoms with Gasteiger partial charge in [0.05, 0.1) is 10.9 Å². The van der Waals surface area contributed by atoms with Crippen molar-refractivity contribution in [3.8, 4) is 5.75 Å². The van der Waals surface area contributed by atoms with E-state index in [9.17, 15) is 20.0 Å². The van der Waals surface area contributed by atoms with Gasteiger partial charge >= 0.3 is 0 Å². The number of carboxylic acid groups (broad SMARTS) is 1. The van der Waals surface area contributed by atoms with Crippen LogP contribution >= 0.6 is 0 Å². The molecule has 0 N–H and O–H groups in total. The maximum atomic E-state index is 10.7. The number of carbonyl (C=O) groups excluding carboxylic acids is 1. The second-order valence-corrected chi connectivity index (χ2v) is 4.03. The molecule has 0 heterocycles. The van der Waals surface area contributed by atoms with E-state index in [1.54, 1.807) is 12.1 Å². The Morgan fingerprint density at radius 3 is 2.45 bits per heavy atom. The van der Waals surface area contributed by atoms with Crippen LogP contribution < -0.4 is 9.84 Å². The zero-order valence-corrected chi connectivity index (χ0v) is 10.3. The van der Waals surface area contributed by atoms with E-state index in [1.165, 1.54) is 36.4 Å². The monoisotopic (exact) mass is 272 g/mol. The van der Waals surface area contributed by atoms with Gasteiger partial charge in [-0.2, -0.15) is 0 Å². The number of ether oxygens (including phenoxy) is 1. The molecule has 0 radical (unpaired) electrons. The molecule has 2 aromatic carbocycles. The van der Waals surface area contributed by atoms with Crippen molar-refractivity contribution >= 4 is 11.7 Å². The predicted molar refractivity (Wildman–Crippen MR) is 68.2 cm³/mol. The first-order valence-corrected chi connectivity index (χ1v) is 5.74. The highest BCUT2D eigenvalue weighted by molar-refractivity contribution is 5.85. The number of rotatable bonds is 5. The molecule has 0 unspecified atom stereocenters. The number of carbonyl (C=O) groups is 1. The molecule has 6 nitrogen and oxygen atoms in total. The number of non-ortho nitro benzene ring substituents is 1. The first-order valence-electron chi connectivity index (χ1n) is 5.74. The fraction of sp³-hybridized carbons (Fsp3) is 0.0714. The number of hydrogen-bond donors (Lipinski definition) is 0. The van der Waals surface area contributed by atoms with Gasteiger partial charge in [-0.15, -0.1) is 0 Å². The zero-order chi connectivity index (χ0) is 14.5. The molecule has 0 bridgehead atoms. The second kappa shape index (κ2) is 5.83. The molecule has 0 amide bonds. The van der Waals surface area contributed by atoms with Crippen molar-refractivity contribution in [2.75, 3.05) is 0 Å². The lowest BCUT2D eigenvalue weighted by atomic mass is 10.1. The molecule has 2 aromatic rings. The van der Waals surface area contributed by atoms with E-state index in [0.29, 0.717) is 11.3 Å². The van der Waals surface area contributed by atoms with E-state index in [2.05, 4.69) is 0 Å². The van der Waals surface area contributed by atoms with Crippen LogP contribution in [0.4, 0.5) is 5.69 Å². The Balaban J connectivity index is 2.03. The summed E-state index contributed by atoms with van der Waals surface area (Å²) in [6, 6.07) is 11.9. The summed E-state index contributed by atoms with van der Waals surface area (Å²) in [5.74, 6) is -0.781. The van der Waals surface area contributed by atoms with E-state index >= 15 is 0 Å². The van der Waals surface area contributed by atoms with Crippen molar-refractivity contribution in [1.29, 1.82) is 0 Å². The molecule has 0 saturated heterocycles. The lowest BCUT2D eigenvalue weighted by Crippen LogP contribution is -2.22. The van der Waals surface area contributed by atoms with Gasteiger partial charge in [-0.05, 0) is 29.3 Å². The third-order valence-corrected chi connectivity index (χ3v) is 2.62. The van der Waals surface area contributed by atoms with Gasteiger partial charge in [-0.3, -0.25) is 10.1 Å². The Morgan fingerprint density at radius 2 is 1.85 bits per heavy atom. The highest BCUT2D eigenvalue weighted by atomic mass is 16.6. The third-order valence-electron chi connectivity index (χ3n) is 2.62. The number of carboxylic acids is 1. The average Bonchev–Trinajstić information content (AvgIpc) is 2.46. The van der Waals surface area contributed by atoms with Gasteiger partial charge in [-0.25, -0.2) is 0 Å². The van der Waals surface area contributed by atoms with E-state index in [1.807, 2.05) is 0 Å². The summed E-state index contributed by atoms with van der Waals surface area (Å²) < 4.78 is 5.43. The minimum atomic E-state index is -1.25. The Hall–Kier alpha value is -2.89. The topological polar surface area (TPSA) is 92.5 Å². The molecule has 0 atom stereocenters. The van der Waals surface area contributed by atoms with Crippen molar-refractivity contribution in [3.63, 3.8) is 0 Å². The van der Waals surface area contributed by atoms with E-state index in [4.69, 9.17) is 4.74 Å². The van der Waals surface area contributed by atoms with Crippen LogP contribution in [0.3, 0.4) is 0 Å². The molecular formula is C14H10NO5-. The molecule has 2 rings (SSSR count). The minimum absolute atomic E-state index is 0.0173. The SMILES string of the molecule is O=C([O-])c1cccc(COc2ccc([N+](=O)[O-])cc2)c1. The molecule has 0 aliphatic rings. The van der Waals surface area contributed by atoms with Gasteiger partial charge in [0.15, 0.2) is 0 Å². The van der Waals surface area contributed by atoms with Crippen molar-refractivity contribution < 1.29 is 19.6 Å². The van der Waals surface area contributed by atoms with Crippen LogP contribution in [0.1, 0.15) is 15.9 Å². The summed E-state index contributed by atoms with van der Waals surface area (Å²) >= 11 is 0. The Kier molecular flexibility index (Phi) is 3.95. The predicted octanol–water partition coefficient (Wildman–Crippen LogP) is 1.54. The largest absolute Gasteiger partial charge is 0.545 e. The minimum Gasteiger partial charge on any atom is -0.545 e. The summed E-state index contributed by atoms with van der Waals surface area (Å²) in [5.41, 5.74) is 0.733. The molecule has 0 spiro atoms. The standard InChI is InChI=1S/C14H11NO5/c16-14(17)11-3-1-2-10(8-11)9-20-13-6-4-12(5-7-13)15(18)19/h1-8H,9H2,(H,16,17)/p-1. The quantitative estimate of drug-likeness (QED) is 0.608. The Bertz CT molecular complexity index is 636. The number of hydrogen-bond acceptors (Lipinski definition) is 5. The molecule has 20 heavy (non-hydrogen) atoms. The van der Waals surface area contributed by atoms with Crippen LogP contribution in [-0.2, 0) is 6.61 Å². The van der Waals surface area contributed by atoms with Crippen LogP contribution in [0.5, 0.6) is 5.75 Å². The summed E-state index contributed by atoms with van der Waals surface area (Å²) in [5, 5.41) is 21.2. The Labute approximate surface area is 114 Å². The van der Waals surface area contributed by atoms with Crippen LogP contribution in [0, 0.1) is 10.1 Å². The number of nitro groups is 1. The zero-order valence-electron chi connectivity index (χ0n) is 10.3. The highest BCUT2D eigenvalue weighted by Gasteiger charge is 2.04. The molecule has 0 aromatic heterocycles. The first-order chi connectivity index (χ1) is 9.56. The van der Waals surface area contributed by atoms with Gasteiger partial charge in [-0.1, -0.05) is 18.2 Å². The molecule has 6 heteroatoms. The molecule has 0 aliphatic heterocycles. The fourth-order valence-electron chi connectivity index (χ4n) is 1.62. The fourth-order valence-corrected chi connectivity index (χ4v) is 1.62. The summed E-state index contributed by atoms with van der Waals surface area (Å²) in [7, 11) is 0. The van der Waals surface area contributed by atoms with Gasteiger partial charge < -0.3 is 14.6 Å². The van der Waals surface area contributed by atoms with Crippen molar-refractivity contribution in [1.82, 2.24) is 0 Å². The summed E-state index contributed by atoms with van der Waals surface area (Å²) in [4.78, 5) is 20.7. The first kappa shape index (κ1) is 13.5. The smallest absolute Gasteiger partial charge is 0.269 e. The number of benzene rings is 2. The number of aromatic carboxylic acids is 1. The van der Waals surface area contributed by atoms with Crippen LogP contribution in [-0.4, -0.2) is 10.9 Å². The van der Waals surface area contributed by atoms with Crippen molar-refractivity contribution in [3.05, 3.63) is 69.8 Å². The van der Waals surface area contributed by atoms with Crippen LogP contribution in [0.25, 0.3) is 0 Å². The lowest BCUT2D eigenvalue weighted by molar-refractivity contribution is -0.384. The normalized spacial score (nSPS) is 10.0. The Morgan fingerprint density at radius 1 is 1.15 bits per heavy atom. The van der Waals surface area contributed by atoms with E-state index in [-0.39, 0.29) is 17.9 Å². The summed E-state index contributed by atoms with van der Waals surface area (Å²) in [6.45, 7) is 0.166. The maximum Gasteiger partial charge on any atom is 0.269 e. The van der Waals surface area contributed by atoms with E-state index in [0.717, 1.165) is 0 Å². The highest BCUT2D eigenvalue weighted by Crippen LogP contribution is 2.18. The lowest BCUT2D eigenvalue weighted by Gasteiger charge is -2.08. The van der Waals surface area contributed by atoms with Crippen molar-refractivity contribution in [2.45, 2.75) is 6.61 Å². The van der Waals surface area contributed by atoms with Crippen LogP contribution in [0.15, 0.2) is 48.5 Å². The average molecular weight is 272 g/mol.